The van der Waals surface area contributed by atoms with E-state index in [1.807, 2.05) is 91.1 Å². The zero-order valence-corrected chi connectivity index (χ0v) is 22.9. The number of allylic oxidation sites excluding steroid dienone is 1. The third kappa shape index (κ3) is 11.3. The van der Waals surface area contributed by atoms with Crippen molar-refractivity contribution in [2.45, 2.75) is 62.3 Å². The van der Waals surface area contributed by atoms with Crippen LogP contribution in [0.2, 0.25) is 0 Å². The van der Waals surface area contributed by atoms with Crippen molar-refractivity contribution in [1.82, 2.24) is 40.4 Å². The van der Waals surface area contributed by atoms with E-state index in [0.29, 0.717) is 0 Å². The highest BCUT2D eigenvalue weighted by atomic mass is 15.2. The maximum absolute atomic E-state index is 4.05. The van der Waals surface area contributed by atoms with Crippen molar-refractivity contribution in [2.75, 3.05) is 6.54 Å². The minimum absolute atomic E-state index is 0.922. The third-order valence-electron chi connectivity index (χ3n) is 5.60. The van der Waals surface area contributed by atoms with Crippen molar-refractivity contribution >= 4 is 6.21 Å². The Labute approximate surface area is 209 Å². The number of rotatable bonds is 0. The normalized spacial score (nSPS) is 11.4. The highest BCUT2D eigenvalue weighted by Crippen LogP contribution is 2.06. The summed E-state index contributed by atoms with van der Waals surface area (Å²) >= 11 is 0. The lowest BCUT2D eigenvalue weighted by Crippen LogP contribution is -1.90. The van der Waals surface area contributed by atoms with Gasteiger partial charge in [0.25, 0.3) is 0 Å². The maximum Gasteiger partial charge on any atom is 0.0603 e. The maximum atomic E-state index is 4.05. The first-order valence-corrected chi connectivity index (χ1v) is 11.5. The molecule has 0 fully saturated rings. The van der Waals surface area contributed by atoms with Gasteiger partial charge in [0.1, 0.15) is 0 Å². The molecule has 0 aliphatic carbocycles. The molecule has 9 heteroatoms. The van der Waals surface area contributed by atoms with Crippen LogP contribution in [0.1, 0.15) is 53.3 Å². The quantitative estimate of drug-likeness (QED) is 0.321. The molecule has 0 saturated heterocycles. The van der Waals surface area contributed by atoms with Gasteiger partial charge in [0.2, 0.25) is 0 Å². The van der Waals surface area contributed by atoms with Crippen LogP contribution in [0.15, 0.2) is 47.0 Å². The molecule has 190 valence electrons. The third-order valence-corrected chi connectivity index (χ3v) is 5.60. The van der Waals surface area contributed by atoms with Crippen LogP contribution in [0.25, 0.3) is 0 Å². The Balaban J connectivity index is 0.000000219. The number of aliphatic imine (C=N–C) groups is 1. The molecule has 0 bridgehead atoms. The number of hydrogen-bond acceptors (Lipinski definition) is 5. The number of aromatic nitrogens is 8. The van der Waals surface area contributed by atoms with Crippen LogP contribution in [0, 0.1) is 48.5 Å². The van der Waals surface area contributed by atoms with Gasteiger partial charge in [0.05, 0.1) is 25.1 Å². The average Bonchev–Trinajstić information content (AvgIpc) is 3.64. The van der Waals surface area contributed by atoms with E-state index in [-0.39, 0.29) is 0 Å². The van der Waals surface area contributed by atoms with Crippen LogP contribution in [0.5, 0.6) is 0 Å². The predicted molar refractivity (Wildman–Crippen MR) is 144 cm³/mol. The summed E-state index contributed by atoms with van der Waals surface area (Å²) in [7, 11) is 1.93. The smallest absolute Gasteiger partial charge is 0.0603 e. The molecule has 3 N–H and O–H groups in total. The van der Waals surface area contributed by atoms with Crippen LogP contribution in [0.3, 0.4) is 0 Å². The molecular formula is C26H41N9. The van der Waals surface area contributed by atoms with E-state index < -0.39 is 0 Å². The minimum atomic E-state index is 0.922. The van der Waals surface area contributed by atoms with Crippen LogP contribution < -0.4 is 0 Å². The first-order chi connectivity index (χ1) is 16.5. The zero-order chi connectivity index (χ0) is 26.4. The summed E-state index contributed by atoms with van der Waals surface area (Å²) in [5.74, 6) is 0. The van der Waals surface area contributed by atoms with Gasteiger partial charge in [-0.1, -0.05) is 0 Å². The molecule has 9 nitrogen and oxygen atoms in total. The van der Waals surface area contributed by atoms with Crippen LogP contribution in [0.4, 0.5) is 0 Å². The Morgan fingerprint density at radius 1 is 0.686 bits per heavy atom. The van der Waals surface area contributed by atoms with Gasteiger partial charge < -0.3 is 0 Å². The first kappa shape index (κ1) is 29.3. The van der Waals surface area contributed by atoms with E-state index in [2.05, 4.69) is 54.5 Å². The minimum Gasteiger partial charge on any atom is -0.288 e. The Morgan fingerprint density at radius 2 is 1.11 bits per heavy atom. The SMILES string of the molecule is CC1=C(C)CN=C1.Cc1ccnn1C.Cc1cn[nH]c1C.Cc1cn[nH]c1C.Cc1cn[nH]c1C. The highest BCUT2D eigenvalue weighted by molar-refractivity contribution is 5.81. The molecule has 0 radical (unpaired) electrons. The second-order valence-corrected chi connectivity index (χ2v) is 8.56. The summed E-state index contributed by atoms with van der Waals surface area (Å²) < 4.78 is 1.83. The number of nitrogens with zero attached hydrogens (tertiary/aromatic N) is 6. The molecular weight excluding hydrogens is 438 g/mol. The highest BCUT2D eigenvalue weighted by Gasteiger charge is 1.97. The van der Waals surface area contributed by atoms with Crippen molar-refractivity contribution in [3.63, 3.8) is 0 Å². The van der Waals surface area contributed by atoms with Crippen molar-refractivity contribution in [1.29, 1.82) is 0 Å². The predicted octanol–water partition coefficient (Wildman–Crippen LogP) is 5.22. The van der Waals surface area contributed by atoms with Gasteiger partial charge in [-0.05, 0) is 96.2 Å². The summed E-state index contributed by atoms with van der Waals surface area (Å²) in [5.41, 5.74) is 11.1. The molecule has 0 spiro atoms. The molecule has 0 amide bonds. The van der Waals surface area contributed by atoms with E-state index in [1.54, 1.807) is 6.20 Å². The van der Waals surface area contributed by atoms with Gasteiger partial charge in [0.15, 0.2) is 0 Å². The number of aryl methyl sites for hydroxylation is 8. The number of aromatic amines is 3. The Morgan fingerprint density at radius 3 is 1.20 bits per heavy atom. The molecule has 0 saturated carbocycles. The molecule has 4 aromatic rings. The van der Waals surface area contributed by atoms with Gasteiger partial charge >= 0.3 is 0 Å². The van der Waals surface area contributed by atoms with Crippen molar-refractivity contribution in [3.8, 4) is 0 Å². The lowest BCUT2D eigenvalue weighted by Gasteiger charge is -1.87. The lowest BCUT2D eigenvalue weighted by molar-refractivity contribution is 0.740. The monoisotopic (exact) mass is 479 g/mol. The molecule has 5 rings (SSSR count). The van der Waals surface area contributed by atoms with E-state index in [1.165, 1.54) is 33.5 Å². The van der Waals surface area contributed by atoms with E-state index in [0.717, 1.165) is 23.6 Å². The van der Waals surface area contributed by atoms with Gasteiger partial charge in [-0.3, -0.25) is 25.0 Å². The fourth-order valence-corrected chi connectivity index (χ4v) is 2.23. The summed E-state index contributed by atoms with van der Waals surface area (Å²) in [6.07, 6.45) is 9.16. The fourth-order valence-electron chi connectivity index (χ4n) is 2.23. The summed E-state index contributed by atoms with van der Waals surface area (Å²) in [6.45, 7) is 19.2. The Kier molecular flexibility index (Phi) is 12.7. The van der Waals surface area contributed by atoms with E-state index in [9.17, 15) is 0 Å². The molecule has 0 atom stereocenters. The van der Waals surface area contributed by atoms with E-state index >= 15 is 0 Å². The molecule has 1 aliphatic rings. The van der Waals surface area contributed by atoms with Gasteiger partial charge in [-0.25, -0.2) is 0 Å². The summed E-state index contributed by atoms with van der Waals surface area (Å²) in [5, 5.41) is 23.8. The lowest BCUT2D eigenvalue weighted by atomic mass is 10.2. The molecule has 1 aliphatic heterocycles. The fraction of sp³-hybridized carbons (Fsp3) is 0.423. The molecule has 5 heterocycles. The van der Waals surface area contributed by atoms with Crippen LogP contribution >= 0.6 is 0 Å². The topological polar surface area (TPSA) is 116 Å². The molecule has 35 heavy (non-hydrogen) atoms. The summed E-state index contributed by atoms with van der Waals surface area (Å²) in [6, 6.07) is 1.97. The van der Waals surface area contributed by atoms with Gasteiger partial charge in [0, 0.05) is 42.2 Å². The van der Waals surface area contributed by atoms with Crippen molar-refractivity contribution < 1.29 is 0 Å². The molecule has 0 aromatic carbocycles. The van der Waals surface area contributed by atoms with Crippen molar-refractivity contribution in [3.05, 3.63) is 81.5 Å². The molecule has 4 aromatic heterocycles. The standard InChI is InChI=1S/C6H9N.4C5H8N2/c1-5-3-7-4-6(5)2;1-5-3-4-6-7(5)2;3*1-4-3-6-7-5(4)2/h3H,4H2,1-2H3;3-4H,1-2H3;3*3H,1-2H3,(H,6,7). The van der Waals surface area contributed by atoms with Crippen LogP contribution in [-0.2, 0) is 7.05 Å². The summed E-state index contributed by atoms with van der Waals surface area (Å²) in [4.78, 5) is 4.05. The van der Waals surface area contributed by atoms with Crippen LogP contribution in [-0.4, -0.2) is 53.1 Å². The average molecular weight is 480 g/mol. The first-order valence-electron chi connectivity index (χ1n) is 11.5. The van der Waals surface area contributed by atoms with Gasteiger partial charge in [-0.2, -0.15) is 20.4 Å². The van der Waals surface area contributed by atoms with Crippen molar-refractivity contribution in [2.24, 2.45) is 12.0 Å². The second kappa shape index (κ2) is 15.2. The Hall–Kier alpha value is -3.75. The van der Waals surface area contributed by atoms with Gasteiger partial charge in [-0.15, -0.1) is 0 Å². The number of H-pyrrole nitrogens is 3. The zero-order valence-electron chi connectivity index (χ0n) is 22.9. The van der Waals surface area contributed by atoms with E-state index in [4.69, 9.17) is 0 Å². The Bertz CT molecular complexity index is 966. The largest absolute Gasteiger partial charge is 0.288 e. The number of nitrogens with one attached hydrogen (secondary N) is 3. The molecule has 0 unspecified atom stereocenters. The second-order valence-electron chi connectivity index (χ2n) is 8.56. The number of hydrogen-bond donors (Lipinski definition) is 3.